The van der Waals surface area contributed by atoms with Crippen molar-refractivity contribution in [1.29, 1.82) is 0 Å². The first-order valence-corrected chi connectivity index (χ1v) is 8.20. The van der Waals surface area contributed by atoms with Crippen molar-refractivity contribution in [1.82, 2.24) is 5.32 Å². The highest BCUT2D eigenvalue weighted by atomic mass is 35.5. The van der Waals surface area contributed by atoms with Crippen LogP contribution in [0.3, 0.4) is 0 Å². The summed E-state index contributed by atoms with van der Waals surface area (Å²) in [5.41, 5.74) is 2.80. The molecule has 2 aromatic carbocycles. The number of hydrogen-bond acceptors (Lipinski definition) is 2. The monoisotopic (exact) mass is 344 g/mol. The van der Waals surface area contributed by atoms with Gasteiger partial charge in [-0.2, -0.15) is 0 Å². The van der Waals surface area contributed by atoms with E-state index in [0.29, 0.717) is 24.5 Å². The molecule has 0 fully saturated rings. The Balaban J connectivity index is 1.89. The van der Waals surface area contributed by atoms with Crippen molar-refractivity contribution in [3.05, 3.63) is 64.7 Å². The standard InChI is InChI=1S/C19H21ClN2O2/c1-14-5-3-4-6-18(14)22(15(2)23)12-11-21-19(24)13-16-7-9-17(20)10-8-16/h3-10H,11-13H2,1-2H3,(H,21,24). The first-order chi connectivity index (χ1) is 11.5. The number of amides is 2. The molecule has 0 heterocycles. The summed E-state index contributed by atoms with van der Waals surface area (Å²) in [6.45, 7) is 4.33. The second-order valence-corrected chi connectivity index (χ2v) is 6.05. The number of nitrogens with zero attached hydrogens (tertiary/aromatic N) is 1. The van der Waals surface area contributed by atoms with E-state index in [1.165, 1.54) is 6.92 Å². The van der Waals surface area contributed by atoms with Crippen LogP contribution in [0.2, 0.25) is 5.02 Å². The van der Waals surface area contributed by atoms with Crippen molar-refractivity contribution in [3.63, 3.8) is 0 Å². The zero-order valence-corrected chi connectivity index (χ0v) is 14.6. The Morgan fingerprint density at radius 1 is 1.08 bits per heavy atom. The van der Waals surface area contributed by atoms with Crippen LogP contribution in [-0.2, 0) is 16.0 Å². The number of carbonyl (C=O) groups excluding carboxylic acids is 2. The molecule has 0 aliphatic heterocycles. The summed E-state index contributed by atoms with van der Waals surface area (Å²) in [6, 6.07) is 14.9. The molecule has 0 spiro atoms. The molecule has 5 heteroatoms. The molecule has 0 radical (unpaired) electrons. The summed E-state index contributed by atoms with van der Waals surface area (Å²) in [5, 5.41) is 3.50. The second kappa shape index (κ2) is 8.50. The van der Waals surface area contributed by atoms with Gasteiger partial charge in [-0.25, -0.2) is 0 Å². The van der Waals surface area contributed by atoms with Gasteiger partial charge in [-0.05, 0) is 36.2 Å². The Hall–Kier alpha value is -2.33. The van der Waals surface area contributed by atoms with Gasteiger partial charge in [0.1, 0.15) is 0 Å². The van der Waals surface area contributed by atoms with Crippen LogP contribution in [-0.4, -0.2) is 24.9 Å². The van der Waals surface area contributed by atoms with Gasteiger partial charge >= 0.3 is 0 Å². The molecular weight excluding hydrogens is 324 g/mol. The molecule has 0 aliphatic carbocycles. The van der Waals surface area contributed by atoms with E-state index in [0.717, 1.165) is 16.8 Å². The van der Waals surface area contributed by atoms with Gasteiger partial charge in [0.25, 0.3) is 0 Å². The number of aryl methyl sites for hydroxylation is 1. The van der Waals surface area contributed by atoms with E-state index in [2.05, 4.69) is 5.32 Å². The molecule has 24 heavy (non-hydrogen) atoms. The van der Waals surface area contributed by atoms with Crippen LogP contribution in [0.15, 0.2) is 48.5 Å². The van der Waals surface area contributed by atoms with E-state index < -0.39 is 0 Å². The number of anilines is 1. The summed E-state index contributed by atoms with van der Waals surface area (Å²) in [7, 11) is 0. The largest absolute Gasteiger partial charge is 0.354 e. The normalized spacial score (nSPS) is 10.3. The highest BCUT2D eigenvalue weighted by Crippen LogP contribution is 2.19. The minimum atomic E-state index is -0.0781. The molecule has 0 aromatic heterocycles. The molecule has 1 N–H and O–H groups in total. The maximum absolute atomic E-state index is 12.0. The van der Waals surface area contributed by atoms with Crippen LogP contribution < -0.4 is 10.2 Å². The van der Waals surface area contributed by atoms with Crippen molar-refractivity contribution >= 4 is 29.1 Å². The minimum absolute atomic E-state index is 0.0451. The van der Waals surface area contributed by atoms with Crippen molar-refractivity contribution < 1.29 is 9.59 Å². The van der Waals surface area contributed by atoms with Gasteiger partial charge in [-0.1, -0.05) is 41.9 Å². The van der Waals surface area contributed by atoms with E-state index in [1.807, 2.05) is 43.3 Å². The molecule has 2 amide bonds. The summed E-state index contributed by atoms with van der Waals surface area (Å²) in [6.07, 6.45) is 0.293. The molecule has 2 aromatic rings. The number of benzene rings is 2. The topological polar surface area (TPSA) is 49.4 Å². The Labute approximate surface area is 147 Å². The number of rotatable bonds is 6. The van der Waals surface area contributed by atoms with Crippen molar-refractivity contribution in [2.24, 2.45) is 0 Å². The molecule has 0 aliphatic rings. The average molecular weight is 345 g/mol. The van der Waals surface area contributed by atoms with Gasteiger partial charge in [-0.15, -0.1) is 0 Å². The predicted molar refractivity (Wildman–Crippen MR) is 97.4 cm³/mol. The zero-order valence-electron chi connectivity index (χ0n) is 13.9. The number of nitrogens with one attached hydrogen (secondary N) is 1. The molecule has 0 saturated carbocycles. The predicted octanol–water partition coefficient (Wildman–Crippen LogP) is 3.36. The zero-order chi connectivity index (χ0) is 17.5. The number of para-hydroxylation sites is 1. The Bertz CT molecular complexity index is 714. The van der Waals surface area contributed by atoms with Crippen LogP contribution in [0.5, 0.6) is 0 Å². The van der Waals surface area contributed by atoms with Crippen molar-refractivity contribution in [2.75, 3.05) is 18.0 Å². The SMILES string of the molecule is CC(=O)N(CCNC(=O)Cc1ccc(Cl)cc1)c1ccccc1C. The summed E-state index contributed by atoms with van der Waals surface area (Å²) < 4.78 is 0. The fraction of sp³-hybridized carbons (Fsp3) is 0.263. The lowest BCUT2D eigenvalue weighted by Crippen LogP contribution is -2.38. The smallest absolute Gasteiger partial charge is 0.224 e. The van der Waals surface area contributed by atoms with E-state index >= 15 is 0 Å². The first kappa shape index (κ1) is 18.0. The van der Waals surface area contributed by atoms with Crippen LogP contribution in [0, 0.1) is 6.92 Å². The third-order valence-corrected chi connectivity index (χ3v) is 3.97. The third kappa shape index (κ3) is 5.10. The van der Waals surface area contributed by atoms with Gasteiger partial charge in [0.2, 0.25) is 11.8 Å². The lowest BCUT2D eigenvalue weighted by molar-refractivity contribution is -0.121. The molecule has 0 saturated heterocycles. The van der Waals surface area contributed by atoms with Crippen LogP contribution in [0.25, 0.3) is 0 Å². The van der Waals surface area contributed by atoms with Gasteiger partial charge in [0, 0.05) is 30.7 Å². The third-order valence-electron chi connectivity index (χ3n) is 3.72. The van der Waals surface area contributed by atoms with Crippen molar-refractivity contribution in [2.45, 2.75) is 20.3 Å². The van der Waals surface area contributed by atoms with E-state index in [-0.39, 0.29) is 11.8 Å². The van der Waals surface area contributed by atoms with E-state index in [1.54, 1.807) is 17.0 Å². The average Bonchev–Trinajstić information content (AvgIpc) is 2.54. The first-order valence-electron chi connectivity index (χ1n) is 7.82. The maximum atomic E-state index is 12.0. The molecule has 4 nitrogen and oxygen atoms in total. The molecule has 0 bridgehead atoms. The van der Waals surface area contributed by atoms with Gasteiger partial charge in [0.05, 0.1) is 6.42 Å². The highest BCUT2D eigenvalue weighted by Gasteiger charge is 2.13. The van der Waals surface area contributed by atoms with E-state index in [4.69, 9.17) is 11.6 Å². The van der Waals surface area contributed by atoms with Crippen LogP contribution in [0.4, 0.5) is 5.69 Å². The second-order valence-electron chi connectivity index (χ2n) is 5.61. The van der Waals surface area contributed by atoms with Gasteiger partial charge < -0.3 is 10.2 Å². The Morgan fingerprint density at radius 2 is 1.75 bits per heavy atom. The maximum Gasteiger partial charge on any atom is 0.224 e. The van der Waals surface area contributed by atoms with Crippen molar-refractivity contribution in [3.8, 4) is 0 Å². The number of hydrogen-bond donors (Lipinski definition) is 1. The van der Waals surface area contributed by atoms with Crippen LogP contribution >= 0.6 is 11.6 Å². The van der Waals surface area contributed by atoms with E-state index in [9.17, 15) is 9.59 Å². The number of halogens is 1. The fourth-order valence-electron chi connectivity index (χ4n) is 2.47. The summed E-state index contributed by atoms with van der Waals surface area (Å²) in [4.78, 5) is 25.6. The summed E-state index contributed by atoms with van der Waals surface area (Å²) >= 11 is 5.83. The molecular formula is C19H21ClN2O2. The minimum Gasteiger partial charge on any atom is -0.354 e. The molecule has 126 valence electrons. The molecule has 0 atom stereocenters. The van der Waals surface area contributed by atoms with Crippen LogP contribution in [0.1, 0.15) is 18.1 Å². The molecule has 2 rings (SSSR count). The molecule has 0 unspecified atom stereocenters. The highest BCUT2D eigenvalue weighted by molar-refractivity contribution is 6.30. The Morgan fingerprint density at radius 3 is 2.38 bits per heavy atom. The Kier molecular flexibility index (Phi) is 6.38. The van der Waals surface area contributed by atoms with Gasteiger partial charge in [0.15, 0.2) is 0 Å². The lowest BCUT2D eigenvalue weighted by Gasteiger charge is -2.23. The summed E-state index contributed by atoms with van der Waals surface area (Å²) in [5.74, 6) is -0.123. The fourth-order valence-corrected chi connectivity index (χ4v) is 2.60. The quantitative estimate of drug-likeness (QED) is 0.873. The van der Waals surface area contributed by atoms with Gasteiger partial charge in [-0.3, -0.25) is 9.59 Å². The number of carbonyl (C=O) groups is 2. The lowest BCUT2D eigenvalue weighted by atomic mass is 10.1.